The molecule has 1 unspecified atom stereocenters. The van der Waals surface area contributed by atoms with E-state index in [1.54, 1.807) is 0 Å². The average molecular weight is 357 g/mol. The van der Waals surface area contributed by atoms with Crippen molar-refractivity contribution in [3.63, 3.8) is 0 Å². The second-order valence-corrected chi connectivity index (χ2v) is 6.62. The molecule has 0 saturated heterocycles. The average Bonchev–Trinajstić information content (AvgIpc) is 2.52. The number of nitrogens with two attached hydrogens (primary N) is 1. The molecule has 1 fully saturated rings. The number of nitrogens with one attached hydrogen (secondary N) is 1. The van der Waals surface area contributed by atoms with Crippen LogP contribution in [0.15, 0.2) is 0 Å². The van der Waals surface area contributed by atoms with E-state index in [1.807, 2.05) is 6.92 Å². The Kier molecular flexibility index (Phi) is 7.82. The third kappa shape index (κ3) is 6.33. The number of carboxylic acids is 1. The fourth-order valence-corrected chi connectivity index (χ4v) is 2.68. The number of esters is 1. The molecule has 1 aliphatic carbocycles. The van der Waals surface area contributed by atoms with Gasteiger partial charge in [0.2, 0.25) is 11.9 Å². The Bertz CT molecular complexity index is 522. The van der Waals surface area contributed by atoms with Gasteiger partial charge in [-0.05, 0) is 25.2 Å². The highest BCUT2D eigenvalue weighted by atomic mass is 16.5. The third-order valence-electron chi connectivity index (χ3n) is 4.24. The van der Waals surface area contributed by atoms with Crippen LogP contribution < -0.4 is 11.1 Å². The SMILES string of the molecule is C[C@@H]1CCCC[C@H]1OC(=O)C(NC(=O)[C@@H](N)CC(=O)O)C(=O)N(C)C. The third-order valence-corrected chi connectivity index (χ3v) is 4.24. The summed E-state index contributed by atoms with van der Waals surface area (Å²) in [5, 5.41) is 10.9. The number of nitrogens with zero attached hydrogens (tertiary/aromatic N) is 1. The van der Waals surface area contributed by atoms with Gasteiger partial charge in [-0.15, -0.1) is 0 Å². The van der Waals surface area contributed by atoms with Gasteiger partial charge in [0.05, 0.1) is 12.5 Å². The Hall–Kier alpha value is -2.16. The molecular formula is C16H27N3O6. The van der Waals surface area contributed by atoms with Crippen LogP contribution >= 0.6 is 0 Å². The second kappa shape index (κ2) is 9.36. The molecule has 0 heterocycles. The summed E-state index contributed by atoms with van der Waals surface area (Å²) in [6.07, 6.45) is 2.73. The van der Waals surface area contributed by atoms with Crippen LogP contribution in [0.5, 0.6) is 0 Å². The summed E-state index contributed by atoms with van der Waals surface area (Å²) >= 11 is 0. The van der Waals surface area contributed by atoms with Crippen LogP contribution in [0.1, 0.15) is 39.0 Å². The Morgan fingerprint density at radius 1 is 1.24 bits per heavy atom. The fourth-order valence-electron chi connectivity index (χ4n) is 2.68. The molecule has 1 aliphatic rings. The maximum atomic E-state index is 12.4. The number of amides is 2. The number of hydrogen-bond acceptors (Lipinski definition) is 6. The normalized spacial score (nSPS) is 22.4. The van der Waals surface area contributed by atoms with Crippen molar-refractivity contribution >= 4 is 23.8 Å². The van der Waals surface area contributed by atoms with Gasteiger partial charge in [-0.1, -0.05) is 13.3 Å². The van der Waals surface area contributed by atoms with Crippen LogP contribution in [0.25, 0.3) is 0 Å². The van der Waals surface area contributed by atoms with Crippen molar-refractivity contribution in [1.29, 1.82) is 0 Å². The molecule has 4 atom stereocenters. The van der Waals surface area contributed by atoms with Gasteiger partial charge < -0.3 is 25.8 Å². The first kappa shape index (κ1) is 20.9. The Balaban J connectivity index is 2.81. The van der Waals surface area contributed by atoms with E-state index >= 15 is 0 Å². The van der Waals surface area contributed by atoms with Crippen molar-refractivity contribution in [3.8, 4) is 0 Å². The van der Waals surface area contributed by atoms with Gasteiger partial charge >= 0.3 is 11.9 Å². The van der Waals surface area contributed by atoms with E-state index in [0.29, 0.717) is 6.42 Å². The minimum atomic E-state index is -1.54. The molecule has 9 nitrogen and oxygen atoms in total. The van der Waals surface area contributed by atoms with Gasteiger partial charge in [0.15, 0.2) is 0 Å². The molecule has 0 radical (unpaired) electrons. The van der Waals surface area contributed by atoms with E-state index < -0.39 is 42.3 Å². The zero-order valence-electron chi connectivity index (χ0n) is 14.9. The Morgan fingerprint density at radius 3 is 2.36 bits per heavy atom. The van der Waals surface area contributed by atoms with Gasteiger partial charge in [0.25, 0.3) is 5.91 Å². The van der Waals surface area contributed by atoms with E-state index in [1.165, 1.54) is 14.1 Å². The van der Waals surface area contributed by atoms with E-state index in [4.69, 9.17) is 15.6 Å². The lowest BCUT2D eigenvalue weighted by Gasteiger charge is -2.30. The standard InChI is InChI=1S/C16H27N3O6/c1-9-6-4-5-7-11(9)25-16(24)13(15(23)19(2)3)18-14(22)10(17)8-12(20)21/h9-11,13H,4-8,17H2,1-3H3,(H,18,22)(H,20,21)/t9-,10+,11-,13?/m1/s1. The lowest BCUT2D eigenvalue weighted by molar-refractivity contribution is -0.161. The molecule has 25 heavy (non-hydrogen) atoms. The summed E-state index contributed by atoms with van der Waals surface area (Å²) in [5.41, 5.74) is 5.48. The first-order chi connectivity index (χ1) is 11.6. The van der Waals surface area contributed by atoms with Crippen LogP contribution in [0.3, 0.4) is 0 Å². The van der Waals surface area contributed by atoms with Crippen molar-refractivity contribution in [2.45, 2.75) is 57.2 Å². The van der Waals surface area contributed by atoms with Crippen LogP contribution in [0.4, 0.5) is 0 Å². The summed E-state index contributed by atoms with van der Waals surface area (Å²) in [6.45, 7) is 1.97. The smallest absolute Gasteiger partial charge is 0.338 e. The molecule has 1 saturated carbocycles. The number of likely N-dealkylation sites (N-methyl/N-ethyl adjacent to an activating group) is 1. The molecule has 0 aromatic heterocycles. The number of aliphatic carboxylic acids is 1. The number of ether oxygens (including phenoxy) is 1. The number of carbonyl (C=O) groups excluding carboxylic acids is 3. The highest BCUT2D eigenvalue weighted by molar-refractivity contribution is 6.05. The molecule has 0 aromatic rings. The van der Waals surface area contributed by atoms with Crippen molar-refractivity contribution in [3.05, 3.63) is 0 Å². The predicted octanol–water partition coefficient (Wildman–Crippen LogP) is -0.517. The van der Waals surface area contributed by atoms with Crippen molar-refractivity contribution < 1.29 is 29.0 Å². The van der Waals surface area contributed by atoms with E-state index in [2.05, 4.69) is 5.32 Å². The first-order valence-electron chi connectivity index (χ1n) is 8.32. The molecule has 0 aromatic carbocycles. The molecule has 2 amide bonds. The maximum Gasteiger partial charge on any atom is 0.338 e. The van der Waals surface area contributed by atoms with Gasteiger partial charge in [-0.2, -0.15) is 0 Å². The quantitative estimate of drug-likeness (QED) is 0.411. The van der Waals surface area contributed by atoms with Crippen molar-refractivity contribution in [2.24, 2.45) is 11.7 Å². The molecule has 142 valence electrons. The van der Waals surface area contributed by atoms with Gasteiger partial charge in [-0.3, -0.25) is 14.4 Å². The second-order valence-electron chi connectivity index (χ2n) is 6.62. The van der Waals surface area contributed by atoms with Gasteiger partial charge in [0, 0.05) is 14.1 Å². The Morgan fingerprint density at radius 2 is 1.84 bits per heavy atom. The summed E-state index contributed by atoms with van der Waals surface area (Å²) < 4.78 is 5.44. The molecule has 4 N–H and O–H groups in total. The van der Waals surface area contributed by atoms with E-state index in [9.17, 15) is 19.2 Å². The van der Waals surface area contributed by atoms with Crippen molar-refractivity contribution in [1.82, 2.24) is 10.2 Å². The molecule has 0 spiro atoms. The van der Waals surface area contributed by atoms with Crippen LogP contribution in [0, 0.1) is 5.92 Å². The highest BCUT2D eigenvalue weighted by Crippen LogP contribution is 2.26. The largest absolute Gasteiger partial charge is 0.481 e. The van der Waals surface area contributed by atoms with E-state index in [-0.39, 0.29) is 12.0 Å². The number of hydrogen-bond donors (Lipinski definition) is 3. The zero-order valence-corrected chi connectivity index (χ0v) is 14.9. The van der Waals surface area contributed by atoms with E-state index in [0.717, 1.165) is 24.2 Å². The molecular weight excluding hydrogens is 330 g/mol. The molecule has 1 rings (SSSR count). The van der Waals surface area contributed by atoms with Crippen LogP contribution in [0.2, 0.25) is 0 Å². The van der Waals surface area contributed by atoms with Crippen molar-refractivity contribution in [2.75, 3.05) is 14.1 Å². The molecule has 0 bridgehead atoms. The van der Waals surface area contributed by atoms with Gasteiger partial charge in [0.1, 0.15) is 6.10 Å². The molecule has 9 heteroatoms. The summed E-state index contributed by atoms with van der Waals surface area (Å²) in [4.78, 5) is 48.5. The number of carbonyl (C=O) groups is 4. The minimum Gasteiger partial charge on any atom is -0.481 e. The summed E-state index contributed by atoms with van der Waals surface area (Å²) in [7, 11) is 2.88. The number of rotatable bonds is 7. The first-order valence-corrected chi connectivity index (χ1v) is 8.32. The minimum absolute atomic E-state index is 0.178. The topological polar surface area (TPSA) is 139 Å². The molecule has 0 aliphatic heterocycles. The summed E-state index contributed by atoms with van der Waals surface area (Å²) in [6, 6.07) is -2.91. The monoisotopic (exact) mass is 357 g/mol. The summed E-state index contributed by atoms with van der Waals surface area (Å²) in [5.74, 6) is -3.48. The van der Waals surface area contributed by atoms with Crippen LogP contribution in [-0.2, 0) is 23.9 Å². The maximum absolute atomic E-state index is 12.4. The number of carboxylic acid groups (broad SMARTS) is 1. The Labute approximate surface area is 146 Å². The van der Waals surface area contributed by atoms with Crippen LogP contribution in [-0.4, -0.2) is 66.0 Å². The lowest BCUT2D eigenvalue weighted by Crippen LogP contribution is -2.56. The van der Waals surface area contributed by atoms with Gasteiger partial charge in [-0.25, -0.2) is 4.79 Å². The lowest BCUT2D eigenvalue weighted by atomic mass is 9.88. The highest BCUT2D eigenvalue weighted by Gasteiger charge is 2.35. The fraction of sp³-hybridized carbons (Fsp3) is 0.750. The zero-order chi connectivity index (χ0) is 19.1. The predicted molar refractivity (Wildman–Crippen MR) is 88.4 cm³/mol.